The minimum atomic E-state index is -0.336. The van der Waals surface area contributed by atoms with Gasteiger partial charge in [0.05, 0.1) is 17.9 Å². The molecule has 0 saturated carbocycles. The first-order chi connectivity index (χ1) is 13.6. The fourth-order valence-corrected chi connectivity index (χ4v) is 2.47. The van der Waals surface area contributed by atoms with Gasteiger partial charge in [-0.15, -0.1) is 0 Å². The van der Waals surface area contributed by atoms with Crippen molar-refractivity contribution in [2.75, 3.05) is 17.2 Å². The lowest BCUT2D eigenvalue weighted by Gasteiger charge is -2.11. The molecule has 7 nitrogen and oxygen atoms in total. The number of hydrogen-bond acceptors (Lipinski definition) is 6. The van der Waals surface area contributed by atoms with Gasteiger partial charge in [-0.2, -0.15) is 0 Å². The number of carbonyl (C=O) groups excluding carboxylic acids is 2. The van der Waals surface area contributed by atoms with Crippen LogP contribution in [0, 0.1) is 0 Å². The van der Waals surface area contributed by atoms with E-state index in [1.807, 2.05) is 31.2 Å². The Kier molecular flexibility index (Phi) is 5.96. The van der Waals surface area contributed by atoms with Gasteiger partial charge in [-0.3, -0.25) is 9.59 Å². The molecule has 0 atom stereocenters. The topological polar surface area (TPSA) is 93.2 Å². The van der Waals surface area contributed by atoms with Crippen molar-refractivity contribution in [3.8, 4) is 5.75 Å². The maximum Gasteiger partial charge on any atom is 0.258 e. The van der Waals surface area contributed by atoms with Crippen molar-refractivity contribution in [2.24, 2.45) is 0 Å². The molecule has 0 radical (unpaired) electrons. The van der Waals surface area contributed by atoms with Gasteiger partial charge in [0.25, 0.3) is 5.91 Å². The van der Waals surface area contributed by atoms with Gasteiger partial charge >= 0.3 is 0 Å². The van der Waals surface area contributed by atoms with Gasteiger partial charge in [0.2, 0.25) is 5.95 Å². The van der Waals surface area contributed by atoms with Crippen molar-refractivity contribution in [3.63, 3.8) is 0 Å². The third kappa shape index (κ3) is 4.70. The van der Waals surface area contributed by atoms with Crippen LogP contribution in [0.25, 0.3) is 0 Å². The second kappa shape index (κ2) is 8.77. The number of ketones is 1. The summed E-state index contributed by atoms with van der Waals surface area (Å²) in [6.45, 7) is 3.95. The number of ether oxygens (including phenoxy) is 1. The largest absolute Gasteiger partial charge is 0.492 e. The molecule has 0 unspecified atom stereocenters. The number of amides is 1. The second-order valence-electron chi connectivity index (χ2n) is 5.94. The number of hydrogen-bond donors (Lipinski definition) is 2. The first-order valence-electron chi connectivity index (χ1n) is 8.80. The van der Waals surface area contributed by atoms with Crippen LogP contribution in [0.3, 0.4) is 0 Å². The third-order valence-electron chi connectivity index (χ3n) is 3.90. The zero-order valence-electron chi connectivity index (χ0n) is 15.6. The number of carbonyl (C=O) groups is 2. The summed E-state index contributed by atoms with van der Waals surface area (Å²) in [5.74, 6) is 0.691. The lowest BCUT2D eigenvalue weighted by molar-refractivity contribution is 0.101. The van der Waals surface area contributed by atoms with Gasteiger partial charge in [-0.05, 0) is 50.2 Å². The molecule has 0 aliphatic heterocycles. The van der Waals surface area contributed by atoms with E-state index in [2.05, 4.69) is 20.6 Å². The van der Waals surface area contributed by atoms with E-state index < -0.39 is 0 Å². The van der Waals surface area contributed by atoms with Crippen molar-refractivity contribution < 1.29 is 14.3 Å². The van der Waals surface area contributed by atoms with Gasteiger partial charge < -0.3 is 15.4 Å². The molecule has 2 N–H and O–H groups in total. The SMILES string of the molecule is CCOc1ccccc1Nc1ncc(C(=O)Nc2ccc(C(C)=O)cc2)cn1. The smallest absolute Gasteiger partial charge is 0.258 e. The number of rotatable bonds is 7. The number of nitrogens with zero attached hydrogens (tertiary/aromatic N) is 2. The highest BCUT2D eigenvalue weighted by Crippen LogP contribution is 2.25. The maximum absolute atomic E-state index is 12.3. The predicted octanol–water partition coefficient (Wildman–Crippen LogP) is 4.07. The highest BCUT2D eigenvalue weighted by atomic mass is 16.5. The van der Waals surface area contributed by atoms with Gasteiger partial charge in [0.15, 0.2) is 5.78 Å². The quantitative estimate of drug-likeness (QED) is 0.604. The summed E-state index contributed by atoms with van der Waals surface area (Å²) in [6, 6.07) is 14.2. The first kappa shape index (κ1) is 19.0. The number of nitrogens with one attached hydrogen (secondary N) is 2. The number of anilines is 3. The molecule has 7 heteroatoms. The molecule has 142 valence electrons. The Labute approximate surface area is 162 Å². The summed E-state index contributed by atoms with van der Waals surface area (Å²) in [6.07, 6.45) is 2.88. The number of Topliss-reactive ketones (excluding diaryl/α,β-unsaturated/α-hetero) is 1. The van der Waals surface area contributed by atoms with Crippen LogP contribution in [0.4, 0.5) is 17.3 Å². The zero-order valence-corrected chi connectivity index (χ0v) is 15.6. The maximum atomic E-state index is 12.3. The van der Waals surface area contributed by atoms with Crippen LogP contribution in [0.15, 0.2) is 60.9 Å². The van der Waals surface area contributed by atoms with Crippen molar-refractivity contribution in [2.45, 2.75) is 13.8 Å². The van der Waals surface area contributed by atoms with Gasteiger partial charge in [-0.1, -0.05) is 12.1 Å². The van der Waals surface area contributed by atoms with Crippen LogP contribution in [-0.2, 0) is 0 Å². The van der Waals surface area contributed by atoms with Crippen LogP contribution in [0.5, 0.6) is 5.75 Å². The van der Waals surface area contributed by atoms with E-state index in [1.54, 1.807) is 24.3 Å². The molecule has 1 amide bonds. The molecule has 1 heterocycles. The monoisotopic (exact) mass is 376 g/mol. The Morgan fingerprint density at radius 1 is 0.964 bits per heavy atom. The van der Waals surface area contributed by atoms with Crippen LogP contribution in [0.2, 0.25) is 0 Å². The van der Waals surface area contributed by atoms with Gasteiger partial charge in [0, 0.05) is 23.6 Å². The Morgan fingerprint density at radius 2 is 1.64 bits per heavy atom. The summed E-state index contributed by atoms with van der Waals surface area (Å²) in [5.41, 5.74) is 2.23. The molecule has 1 aromatic heterocycles. The summed E-state index contributed by atoms with van der Waals surface area (Å²) >= 11 is 0. The predicted molar refractivity (Wildman–Crippen MR) is 107 cm³/mol. The van der Waals surface area contributed by atoms with E-state index in [9.17, 15) is 9.59 Å². The molecular formula is C21H20N4O3. The average molecular weight is 376 g/mol. The average Bonchev–Trinajstić information content (AvgIpc) is 2.70. The first-order valence-corrected chi connectivity index (χ1v) is 8.80. The Morgan fingerprint density at radius 3 is 2.29 bits per heavy atom. The highest BCUT2D eigenvalue weighted by Gasteiger charge is 2.10. The molecule has 2 aromatic carbocycles. The van der Waals surface area contributed by atoms with E-state index in [-0.39, 0.29) is 11.7 Å². The normalized spacial score (nSPS) is 10.2. The molecule has 28 heavy (non-hydrogen) atoms. The summed E-state index contributed by atoms with van der Waals surface area (Å²) in [7, 11) is 0. The summed E-state index contributed by atoms with van der Waals surface area (Å²) in [5, 5.41) is 5.83. The summed E-state index contributed by atoms with van der Waals surface area (Å²) in [4.78, 5) is 32.0. The highest BCUT2D eigenvalue weighted by molar-refractivity contribution is 6.04. The fourth-order valence-electron chi connectivity index (χ4n) is 2.47. The van der Waals surface area contributed by atoms with E-state index >= 15 is 0 Å². The van der Waals surface area contributed by atoms with Crippen molar-refractivity contribution >= 4 is 29.0 Å². The minimum absolute atomic E-state index is 0.0275. The third-order valence-corrected chi connectivity index (χ3v) is 3.90. The van der Waals surface area contributed by atoms with E-state index in [0.29, 0.717) is 35.1 Å². The van der Waals surface area contributed by atoms with E-state index in [1.165, 1.54) is 19.3 Å². The second-order valence-corrected chi connectivity index (χ2v) is 5.94. The molecule has 0 aliphatic carbocycles. The molecule has 0 saturated heterocycles. The van der Waals surface area contributed by atoms with Crippen molar-refractivity contribution in [1.82, 2.24) is 9.97 Å². The van der Waals surface area contributed by atoms with Crippen LogP contribution >= 0.6 is 0 Å². The van der Waals surface area contributed by atoms with E-state index in [4.69, 9.17) is 4.74 Å². The standard InChI is InChI=1S/C21H20N4O3/c1-3-28-19-7-5-4-6-18(19)25-21-22-12-16(13-23-21)20(27)24-17-10-8-15(9-11-17)14(2)26/h4-13H,3H2,1-2H3,(H,24,27)(H,22,23,25). The molecule has 0 aliphatic rings. The molecular weight excluding hydrogens is 356 g/mol. The van der Waals surface area contributed by atoms with E-state index in [0.717, 1.165) is 5.69 Å². The molecule has 0 bridgehead atoms. The van der Waals surface area contributed by atoms with Crippen LogP contribution in [0.1, 0.15) is 34.6 Å². The zero-order chi connectivity index (χ0) is 19.9. The van der Waals surface area contributed by atoms with Crippen LogP contribution < -0.4 is 15.4 Å². The Bertz CT molecular complexity index is 970. The molecule has 0 fully saturated rings. The van der Waals surface area contributed by atoms with Crippen LogP contribution in [-0.4, -0.2) is 28.3 Å². The van der Waals surface area contributed by atoms with Gasteiger partial charge in [-0.25, -0.2) is 9.97 Å². The molecule has 0 spiro atoms. The Balaban J connectivity index is 1.67. The summed E-state index contributed by atoms with van der Waals surface area (Å²) < 4.78 is 5.56. The minimum Gasteiger partial charge on any atom is -0.492 e. The fraction of sp³-hybridized carbons (Fsp3) is 0.143. The number of aromatic nitrogens is 2. The number of para-hydroxylation sites is 2. The lowest BCUT2D eigenvalue weighted by Crippen LogP contribution is -2.13. The lowest BCUT2D eigenvalue weighted by atomic mass is 10.1. The number of benzene rings is 2. The Hall–Kier alpha value is -3.74. The molecule has 3 aromatic rings. The van der Waals surface area contributed by atoms with Gasteiger partial charge in [0.1, 0.15) is 5.75 Å². The van der Waals surface area contributed by atoms with Crippen molar-refractivity contribution in [3.05, 3.63) is 72.1 Å². The van der Waals surface area contributed by atoms with Crippen molar-refractivity contribution in [1.29, 1.82) is 0 Å². The molecule has 3 rings (SSSR count).